The average molecular weight is 509 g/mol. The molecule has 3 heterocycles. The van der Waals surface area contributed by atoms with Crippen molar-refractivity contribution in [1.82, 2.24) is 14.4 Å². The van der Waals surface area contributed by atoms with Crippen LogP contribution in [-0.4, -0.2) is 20.3 Å². The SMILES string of the molecule is Cc1nc2cccc(C(F)(F)F)n2c1-c1cnc(Nc2ccc(C(=O)Nc3ccccc3N)cc2)s1. The molecule has 0 atom stereocenters. The lowest BCUT2D eigenvalue weighted by molar-refractivity contribution is -0.141. The molecule has 36 heavy (non-hydrogen) atoms. The molecule has 5 rings (SSSR count). The molecular formula is C25H19F3N6OS. The van der Waals surface area contributed by atoms with Crippen molar-refractivity contribution in [1.29, 1.82) is 0 Å². The highest BCUT2D eigenvalue weighted by Gasteiger charge is 2.35. The zero-order valence-electron chi connectivity index (χ0n) is 18.8. The van der Waals surface area contributed by atoms with E-state index in [4.69, 9.17) is 5.73 Å². The van der Waals surface area contributed by atoms with E-state index in [-0.39, 0.29) is 11.6 Å². The van der Waals surface area contributed by atoms with E-state index in [1.807, 2.05) is 0 Å². The van der Waals surface area contributed by atoms with Gasteiger partial charge in [0.25, 0.3) is 5.91 Å². The fraction of sp³-hybridized carbons (Fsp3) is 0.0800. The first kappa shape index (κ1) is 23.4. The van der Waals surface area contributed by atoms with Gasteiger partial charge in [-0.25, -0.2) is 9.97 Å². The van der Waals surface area contributed by atoms with Crippen LogP contribution in [0.25, 0.3) is 16.2 Å². The number of hydrogen-bond donors (Lipinski definition) is 3. The average Bonchev–Trinajstić information content (AvgIpc) is 3.43. The fourth-order valence-corrected chi connectivity index (χ4v) is 4.72. The Morgan fingerprint density at radius 2 is 1.78 bits per heavy atom. The van der Waals surface area contributed by atoms with Crippen molar-refractivity contribution in [2.45, 2.75) is 13.1 Å². The van der Waals surface area contributed by atoms with Crippen LogP contribution in [0, 0.1) is 6.92 Å². The second kappa shape index (κ2) is 9.00. The number of nitrogens with two attached hydrogens (primary N) is 1. The maximum Gasteiger partial charge on any atom is 0.431 e. The highest BCUT2D eigenvalue weighted by molar-refractivity contribution is 7.18. The maximum atomic E-state index is 13.6. The van der Waals surface area contributed by atoms with Gasteiger partial charge in [-0.15, -0.1) is 0 Å². The zero-order chi connectivity index (χ0) is 25.4. The topological polar surface area (TPSA) is 97.3 Å². The van der Waals surface area contributed by atoms with Gasteiger partial charge in [-0.2, -0.15) is 13.2 Å². The number of alkyl halides is 3. The lowest BCUT2D eigenvalue weighted by atomic mass is 10.2. The summed E-state index contributed by atoms with van der Waals surface area (Å²) < 4.78 is 42.0. The summed E-state index contributed by atoms with van der Waals surface area (Å²) in [6, 6.07) is 17.6. The highest BCUT2D eigenvalue weighted by Crippen LogP contribution is 2.37. The molecule has 0 fully saturated rings. The molecule has 0 aliphatic heterocycles. The number of halogens is 3. The first-order chi connectivity index (χ1) is 17.2. The smallest absolute Gasteiger partial charge is 0.397 e. The van der Waals surface area contributed by atoms with Crippen LogP contribution in [0.1, 0.15) is 21.7 Å². The largest absolute Gasteiger partial charge is 0.431 e. The number of carbonyl (C=O) groups excluding carboxylic acids is 1. The molecule has 0 radical (unpaired) electrons. The summed E-state index contributed by atoms with van der Waals surface area (Å²) in [7, 11) is 0. The third-order valence-corrected chi connectivity index (χ3v) is 6.37. The monoisotopic (exact) mass is 508 g/mol. The number of nitrogen functional groups attached to an aromatic ring is 1. The van der Waals surface area contributed by atoms with Crippen molar-refractivity contribution in [3.05, 3.63) is 89.9 Å². The molecule has 2 aromatic carbocycles. The van der Waals surface area contributed by atoms with Crippen molar-refractivity contribution in [2.24, 2.45) is 0 Å². The van der Waals surface area contributed by atoms with Gasteiger partial charge < -0.3 is 16.4 Å². The number of pyridine rings is 1. The Kier molecular flexibility index (Phi) is 5.84. The maximum absolute atomic E-state index is 13.6. The Labute approximate surface area is 207 Å². The second-order valence-corrected chi connectivity index (χ2v) is 8.95. The van der Waals surface area contributed by atoms with Crippen LogP contribution in [-0.2, 0) is 6.18 Å². The first-order valence-electron chi connectivity index (χ1n) is 10.7. The summed E-state index contributed by atoms with van der Waals surface area (Å²) in [5.41, 5.74) is 8.19. The number of fused-ring (bicyclic) bond motifs is 1. The number of rotatable bonds is 5. The third-order valence-electron chi connectivity index (χ3n) is 5.45. The quantitative estimate of drug-likeness (QED) is 0.240. The van der Waals surface area contributed by atoms with Crippen LogP contribution in [0.2, 0.25) is 0 Å². The van der Waals surface area contributed by atoms with Crippen LogP contribution in [0.3, 0.4) is 0 Å². The number of thiazole rings is 1. The molecule has 182 valence electrons. The summed E-state index contributed by atoms with van der Waals surface area (Å²) in [6.07, 6.45) is -3.02. The number of hydrogen-bond acceptors (Lipinski definition) is 6. The predicted octanol–water partition coefficient (Wildman–Crippen LogP) is 6.36. The Morgan fingerprint density at radius 1 is 1.03 bits per heavy atom. The van der Waals surface area contributed by atoms with Crippen molar-refractivity contribution in [3.63, 3.8) is 0 Å². The van der Waals surface area contributed by atoms with E-state index in [1.54, 1.807) is 55.5 Å². The predicted molar refractivity (Wildman–Crippen MR) is 135 cm³/mol. The molecule has 3 aromatic heterocycles. The van der Waals surface area contributed by atoms with Crippen LogP contribution in [0.15, 0.2) is 72.9 Å². The van der Waals surface area contributed by atoms with Crippen LogP contribution in [0.5, 0.6) is 0 Å². The molecule has 5 aromatic rings. The number of aromatic nitrogens is 3. The number of anilines is 4. The summed E-state index contributed by atoms with van der Waals surface area (Å²) in [6.45, 7) is 1.67. The first-order valence-corrected chi connectivity index (χ1v) is 11.6. The van der Waals surface area contributed by atoms with E-state index in [0.717, 1.165) is 10.5 Å². The summed E-state index contributed by atoms with van der Waals surface area (Å²) in [5, 5.41) is 6.38. The van der Waals surface area contributed by atoms with E-state index in [1.165, 1.54) is 29.7 Å². The number of benzene rings is 2. The molecule has 4 N–H and O–H groups in total. The normalized spacial score (nSPS) is 11.6. The number of para-hydroxylation sites is 2. The van der Waals surface area contributed by atoms with E-state index < -0.39 is 11.9 Å². The minimum atomic E-state index is -4.53. The number of aryl methyl sites for hydroxylation is 1. The van der Waals surface area contributed by atoms with Crippen molar-refractivity contribution in [3.8, 4) is 10.6 Å². The molecule has 0 bridgehead atoms. The Balaban J connectivity index is 1.37. The number of nitrogens with one attached hydrogen (secondary N) is 2. The van der Waals surface area contributed by atoms with Crippen LogP contribution in [0.4, 0.5) is 35.4 Å². The molecule has 0 aliphatic rings. The zero-order valence-corrected chi connectivity index (χ0v) is 19.6. The molecule has 0 spiro atoms. The summed E-state index contributed by atoms with van der Waals surface area (Å²) >= 11 is 1.20. The van der Waals surface area contributed by atoms with Gasteiger partial charge in [-0.05, 0) is 55.5 Å². The van der Waals surface area contributed by atoms with Gasteiger partial charge in [0, 0.05) is 17.4 Å². The number of carbonyl (C=O) groups is 1. The van der Waals surface area contributed by atoms with Crippen molar-refractivity contribution < 1.29 is 18.0 Å². The van der Waals surface area contributed by atoms with Gasteiger partial charge in [-0.1, -0.05) is 29.5 Å². The molecule has 1 amide bonds. The Hall–Kier alpha value is -4.38. The molecule has 0 saturated carbocycles. The van der Waals surface area contributed by atoms with Gasteiger partial charge in [0.2, 0.25) is 0 Å². The van der Waals surface area contributed by atoms with Gasteiger partial charge in [0.1, 0.15) is 11.3 Å². The lowest BCUT2D eigenvalue weighted by Gasteiger charge is -2.11. The highest BCUT2D eigenvalue weighted by atomic mass is 32.1. The molecule has 0 unspecified atom stereocenters. The summed E-state index contributed by atoms with van der Waals surface area (Å²) in [4.78, 5) is 21.7. The Bertz CT molecular complexity index is 1570. The van der Waals surface area contributed by atoms with Gasteiger partial charge >= 0.3 is 6.18 Å². The Morgan fingerprint density at radius 3 is 2.50 bits per heavy atom. The number of amides is 1. The molecule has 11 heteroatoms. The summed E-state index contributed by atoms with van der Waals surface area (Å²) in [5.74, 6) is -0.306. The van der Waals surface area contributed by atoms with E-state index >= 15 is 0 Å². The number of imidazole rings is 1. The third kappa shape index (κ3) is 4.48. The van der Waals surface area contributed by atoms with E-state index in [0.29, 0.717) is 44.0 Å². The molecular weight excluding hydrogens is 489 g/mol. The van der Waals surface area contributed by atoms with Gasteiger partial charge in [0.15, 0.2) is 5.13 Å². The molecule has 0 saturated heterocycles. The fourth-order valence-electron chi connectivity index (χ4n) is 3.79. The van der Waals surface area contributed by atoms with Gasteiger partial charge in [-0.3, -0.25) is 9.20 Å². The van der Waals surface area contributed by atoms with E-state index in [2.05, 4.69) is 20.6 Å². The van der Waals surface area contributed by atoms with Crippen molar-refractivity contribution in [2.75, 3.05) is 16.4 Å². The molecule has 0 aliphatic carbocycles. The van der Waals surface area contributed by atoms with Crippen LogP contribution < -0.4 is 16.4 Å². The molecule has 7 nitrogen and oxygen atoms in total. The minimum Gasteiger partial charge on any atom is -0.397 e. The standard InChI is InChI=1S/C25H19F3N6OS/c1-14-22(34-20(25(26,27)28)7-4-8-21(34)31-14)19-13-30-24(36-19)32-16-11-9-15(10-12-16)23(35)33-18-6-3-2-5-17(18)29/h2-13H,29H2,1H3,(H,30,32)(H,33,35). The van der Waals surface area contributed by atoms with Gasteiger partial charge in [0.05, 0.1) is 27.6 Å². The van der Waals surface area contributed by atoms with E-state index in [9.17, 15) is 18.0 Å². The number of nitrogens with zero attached hydrogens (tertiary/aromatic N) is 3. The van der Waals surface area contributed by atoms with Crippen LogP contribution >= 0.6 is 11.3 Å². The minimum absolute atomic E-state index is 0.214. The lowest BCUT2D eigenvalue weighted by Crippen LogP contribution is -2.13. The second-order valence-electron chi connectivity index (χ2n) is 7.92. The van der Waals surface area contributed by atoms with Crippen molar-refractivity contribution >= 4 is 45.1 Å².